The average molecular weight is 376 g/mol. The summed E-state index contributed by atoms with van der Waals surface area (Å²) < 4.78 is 21.4. The van der Waals surface area contributed by atoms with Gasteiger partial charge in [0.05, 0.1) is 16.6 Å². The molecular weight excluding hydrogens is 359 g/mol. The minimum atomic E-state index is -0.964. The molecule has 0 aliphatic heterocycles. The maximum Gasteiger partial charge on any atom is 0.323 e. The molecule has 0 saturated heterocycles. The number of hydrogen-bond donors (Lipinski definition) is 1. The molecule has 0 radical (unpaired) electrons. The van der Waals surface area contributed by atoms with Gasteiger partial charge in [0.1, 0.15) is 30.5 Å². The second kappa shape index (κ2) is 7.52. The van der Waals surface area contributed by atoms with Gasteiger partial charge in [-0.05, 0) is 30.3 Å². The van der Waals surface area contributed by atoms with E-state index in [2.05, 4.69) is 4.98 Å². The molecule has 0 fully saturated rings. The first-order chi connectivity index (χ1) is 13.6. The number of ether oxygens (including phenoxy) is 1. The number of aromatic nitrogens is 2. The zero-order valence-corrected chi connectivity index (χ0v) is 14.9. The fourth-order valence-electron chi connectivity index (χ4n) is 3.12. The van der Waals surface area contributed by atoms with Gasteiger partial charge >= 0.3 is 5.97 Å². The van der Waals surface area contributed by atoms with Gasteiger partial charge in [-0.25, -0.2) is 9.37 Å². The number of para-hydroxylation sites is 3. The Morgan fingerprint density at radius 1 is 1.00 bits per heavy atom. The Hall–Kier alpha value is -3.67. The number of carboxylic acids is 1. The second-order valence-corrected chi connectivity index (χ2v) is 6.28. The summed E-state index contributed by atoms with van der Waals surface area (Å²) in [5, 5.41) is 9.35. The van der Waals surface area contributed by atoms with E-state index < -0.39 is 5.97 Å². The molecule has 4 aromatic rings. The quantitative estimate of drug-likeness (QED) is 0.538. The summed E-state index contributed by atoms with van der Waals surface area (Å²) in [6.07, 6.45) is 0. The van der Waals surface area contributed by atoms with Crippen molar-refractivity contribution in [3.05, 3.63) is 84.2 Å². The molecule has 1 heterocycles. The molecule has 4 rings (SSSR count). The number of imidazole rings is 1. The van der Waals surface area contributed by atoms with E-state index in [4.69, 9.17) is 4.74 Å². The van der Waals surface area contributed by atoms with Crippen molar-refractivity contribution in [1.29, 1.82) is 0 Å². The summed E-state index contributed by atoms with van der Waals surface area (Å²) in [5.74, 6) is -0.298. The number of hydrogen-bond acceptors (Lipinski definition) is 3. The van der Waals surface area contributed by atoms with Crippen LogP contribution in [0, 0.1) is 5.82 Å². The van der Waals surface area contributed by atoms with Crippen molar-refractivity contribution >= 4 is 17.0 Å². The highest BCUT2D eigenvalue weighted by molar-refractivity contribution is 5.84. The number of carbonyl (C=O) groups is 1. The topological polar surface area (TPSA) is 64.3 Å². The molecular formula is C22H17FN2O3. The van der Waals surface area contributed by atoms with Crippen LogP contribution in [0.4, 0.5) is 4.39 Å². The average Bonchev–Trinajstić information content (AvgIpc) is 3.05. The Kier molecular flexibility index (Phi) is 4.76. The lowest BCUT2D eigenvalue weighted by molar-refractivity contribution is -0.137. The first-order valence-electron chi connectivity index (χ1n) is 8.76. The molecule has 3 aromatic carbocycles. The van der Waals surface area contributed by atoms with Crippen LogP contribution in [-0.4, -0.2) is 20.6 Å². The van der Waals surface area contributed by atoms with E-state index in [0.29, 0.717) is 28.2 Å². The molecule has 0 spiro atoms. The number of rotatable bonds is 6. The predicted octanol–water partition coefficient (Wildman–Crippen LogP) is 4.51. The zero-order valence-electron chi connectivity index (χ0n) is 14.9. The molecule has 0 unspecified atom stereocenters. The number of aliphatic carboxylic acids is 1. The summed E-state index contributed by atoms with van der Waals surface area (Å²) in [6, 6.07) is 21.0. The smallest absolute Gasteiger partial charge is 0.323 e. The van der Waals surface area contributed by atoms with Crippen molar-refractivity contribution in [2.24, 2.45) is 0 Å². The van der Waals surface area contributed by atoms with Crippen LogP contribution in [-0.2, 0) is 17.9 Å². The SMILES string of the molecule is O=C(O)Cn1c(-c2ccccc2OCc2ccccc2F)nc2ccccc21. The van der Waals surface area contributed by atoms with E-state index in [-0.39, 0.29) is 19.0 Å². The first kappa shape index (κ1) is 17.7. The van der Waals surface area contributed by atoms with Gasteiger partial charge in [0.15, 0.2) is 0 Å². The van der Waals surface area contributed by atoms with Crippen LogP contribution in [0.2, 0.25) is 0 Å². The molecule has 0 amide bonds. The van der Waals surface area contributed by atoms with Crippen LogP contribution in [0.5, 0.6) is 5.75 Å². The molecule has 1 aromatic heterocycles. The molecule has 0 saturated carbocycles. The van der Waals surface area contributed by atoms with Crippen LogP contribution in [0.15, 0.2) is 72.8 Å². The van der Waals surface area contributed by atoms with Crippen molar-refractivity contribution in [2.75, 3.05) is 0 Å². The summed E-state index contributed by atoms with van der Waals surface area (Å²) in [5.41, 5.74) is 2.51. The highest BCUT2D eigenvalue weighted by atomic mass is 19.1. The zero-order chi connectivity index (χ0) is 19.5. The number of carboxylic acid groups (broad SMARTS) is 1. The second-order valence-electron chi connectivity index (χ2n) is 6.28. The van der Waals surface area contributed by atoms with Crippen LogP contribution < -0.4 is 4.74 Å². The standard InChI is InChI=1S/C22H17FN2O3/c23-17-9-3-1-7-15(17)14-28-20-12-6-2-8-16(20)22-24-18-10-4-5-11-19(18)25(22)13-21(26)27/h1-12H,13-14H2,(H,26,27). The minimum absolute atomic E-state index is 0.0584. The fourth-order valence-corrected chi connectivity index (χ4v) is 3.12. The van der Waals surface area contributed by atoms with Crippen LogP contribution in [0.1, 0.15) is 5.56 Å². The maximum absolute atomic E-state index is 13.9. The largest absolute Gasteiger partial charge is 0.488 e. The Labute approximate surface area is 160 Å². The number of halogens is 1. The molecule has 6 heteroatoms. The van der Waals surface area contributed by atoms with Gasteiger partial charge in [-0.2, -0.15) is 0 Å². The molecule has 0 aliphatic carbocycles. The predicted molar refractivity (Wildman–Crippen MR) is 104 cm³/mol. The lowest BCUT2D eigenvalue weighted by Gasteiger charge is -2.13. The van der Waals surface area contributed by atoms with E-state index in [1.165, 1.54) is 6.07 Å². The Morgan fingerprint density at radius 3 is 2.54 bits per heavy atom. The lowest BCUT2D eigenvalue weighted by atomic mass is 10.2. The summed E-state index contributed by atoms with van der Waals surface area (Å²) in [7, 11) is 0. The lowest BCUT2D eigenvalue weighted by Crippen LogP contribution is -2.10. The van der Waals surface area contributed by atoms with Gasteiger partial charge in [-0.15, -0.1) is 0 Å². The first-order valence-corrected chi connectivity index (χ1v) is 8.76. The van der Waals surface area contributed by atoms with Crippen molar-refractivity contribution in [1.82, 2.24) is 9.55 Å². The monoisotopic (exact) mass is 376 g/mol. The molecule has 28 heavy (non-hydrogen) atoms. The highest BCUT2D eigenvalue weighted by Gasteiger charge is 2.18. The third-order valence-electron chi connectivity index (χ3n) is 4.42. The number of fused-ring (bicyclic) bond motifs is 1. The summed E-state index contributed by atoms with van der Waals surface area (Å²) in [6.45, 7) is -0.166. The van der Waals surface area contributed by atoms with E-state index in [1.807, 2.05) is 42.5 Å². The minimum Gasteiger partial charge on any atom is -0.488 e. The Balaban J connectivity index is 1.76. The fraction of sp³-hybridized carbons (Fsp3) is 0.0909. The normalized spacial score (nSPS) is 10.9. The molecule has 0 atom stereocenters. The van der Waals surface area contributed by atoms with E-state index >= 15 is 0 Å². The van der Waals surface area contributed by atoms with Gasteiger partial charge in [0.2, 0.25) is 0 Å². The Bertz CT molecular complexity index is 1150. The van der Waals surface area contributed by atoms with Gasteiger partial charge < -0.3 is 14.4 Å². The van der Waals surface area contributed by atoms with Crippen LogP contribution >= 0.6 is 0 Å². The number of benzene rings is 3. The van der Waals surface area contributed by atoms with Crippen molar-refractivity contribution in [3.8, 4) is 17.1 Å². The summed E-state index contributed by atoms with van der Waals surface area (Å²) in [4.78, 5) is 16.0. The van der Waals surface area contributed by atoms with Gasteiger partial charge in [0.25, 0.3) is 0 Å². The van der Waals surface area contributed by atoms with Crippen molar-refractivity contribution < 1.29 is 19.0 Å². The molecule has 0 bridgehead atoms. The Morgan fingerprint density at radius 2 is 1.71 bits per heavy atom. The van der Waals surface area contributed by atoms with Crippen molar-refractivity contribution in [2.45, 2.75) is 13.2 Å². The number of nitrogens with zero attached hydrogens (tertiary/aromatic N) is 2. The van der Waals surface area contributed by atoms with Gasteiger partial charge in [0, 0.05) is 5.56 Å². The highest BCUT2D eigenvalue weighted by Crippen LogP contribution is 2.32. The van der Waals surface area contributed by atoms with Crippen LogP contribution in [0.3, 0.4) is 0 Å². The molecule has 1 N–H and O–H groups in total. The third-order valence-corrected chi connectivity index (χ3v) is 4.42. The van der Waals surface area contributed by atoms with E-state index in [9.17, 15) is 14.3 Å². The summed E-state index contributed by atoms with van der Waals surface area (Å²) >= 11 is 0. The molecule has 5 nitrogen and oxygen atoms in total. The van der Waals surface area contributed by atoms with Crippen molar-refractivity contribution in [3.63, 3.8) is 0 Å². The van der Waals surface area contributed by atoms with E-state index in [1.54, 1.807) is 28.8 Å². The van der Waals surface area contributed by atoms with Gasteiger partial charge in [-0.1, -0.05) is 42.5 Å². The van der Waals surface area contributed by atoms with E-state index in [0.717, 1.165) is 5.52 Å². The molecule has 140 valence electrons. The van der Waals surface area contributed by atoms with Gasteiger partial charge in [-0.3, -0.25) is 4.79 Å². The molecule has 0 aliphatic rings. The maximum atomic E-state index is 13.9. The van der Waals surface area contributed by atoms with Crippen LogP contribution in [0.25, 0.3) is 22.4 Å². The third kappa shape index (κ3) is 3.44.